The van der Waals surface area contributed by atoms with Gasteiger partial charge in [-0.25, -0.2) is 4.58 Å². The Morgan fingerprint density at radius 1 is 1.32 bits per heavy atom. The van der Waals surface area contributed by atoms with Crippen LogP contribution in [0.25, 0.3) is 0 Å². The fourth-order valence-electron chi connectivity index (χ4n) is 2.72. The van der Waals surface area contributed by atoms with Gasteiger partial charge in [0.15, 0.2) is 11.3 Å². The number of nitrogens with zero attached hydrogens (tertiary/aromatic N) is 2. The van der Waals surface area contributed by atoms with Crippen molar-refractivity contribution in [3.63, 3.8) is 0 Å². The van der Waals surface area contributed by atoms with Gasteiger partial charge >= 0.3 is 0 Å². The first-order valence-corrected chi connectivity index (χ1v) is 6.61. The number of fused-ring (bicyclic) bond motifs is 1. The zero-order valence-corrected chi connectivity index (χ0v) is 14.1. The Morgan fingerprint density at radius 3 is 2.68 bits per heavy atom. The molecule has 0 bridgehead atoms. The number of likely N-dealkylation sites (N-methyl/N-ethyl adjacent to an activating group) is 1. The molecule has 0 unspecified atom stereocenters. The van der Waals surface area contributed by atoms with E-state index in [0.29, 0.717) is 6.42 Å². The molecule has 0 saturated heterocycles. The van der Waals surface area contributed by atoms with Gasteiger partial charge in [-0.2, -0.15) is 5.26 Å². The summed E-state index contributed by atoms with van der Waals surface area (Å²) >= 11 is 0. The lowest BCUT2D eigenvalue weighted by Crippen LogP contribution is -3.00. The van der Waals surface area contributed by atoms with Crippen LogP contribution < -0.4 is 24.0 Å². The summed E-state index contributed by atoms with van der Waals surface area (Å²) in [5.74, 6) is 0. The van der Waals surface area contributed by atoms with Crippen LogP contribution in [0.5, 0.6) is 0 Å². The van der Waals surface area contributed by atoms with Crippen LogP contribution >= 0.6 is 0 Å². The van der Waals surface area contributed by atoms with Crippen LogP contribution in [0.1, 0.15) is 44.2 Å². The van der Waals surface area contributed by atoms with E-state index in [1.54, 1.807) is 0 Å². The maximum absolute atomic E-state index is 8.69. The van der Waals surface area contributed by atoms with Gasteiger partial charge in [0.25, 0.3) is 0 Å². The summed E-state index contributed by atoms with van der Waals surface area (Å²) in [7, 11) is 2.18. The zero-order chi connectivity index (χ0) is 13.2. The van der Waals surface area contributed by atoms with E-state index >= 15 is 0 Å². The maximum atomic E-state index is 8.69. The van der Waals surface area contributed by atoms with E-state index in [2.05, 4.69) is 55.8 Å². The van der Waals surface area contributed by atoms with E-state index in [1.165, 1.54) is 16.8 Å². The summed E-state index contributed by atoms with van der Waals surface area (Å²) in [6, 6.07) is 10.9. The van der Waals surface area contributed by atoms with E-state index in [1.807, 2.05) is 0 Å². The first-order chi connectivity index (χ1) is 8.56. The largest absolute Gasteiger partial charge is 1.00 e. The fraction of sp³-hybridized carbons (Fsp3) is 0.500. The third kappa shape index (κ3) is 3.36. The normalized spacial score (nSPS) is 16.3. The van der Waals surface area contributed by atoms with E-state index < -0.39 is 0 Å². The van der Waals surface area contributed by atoms with Gasteiger partial charge in [0.1, 0.15) is 7.05 Å². The molecule has 3 heteroatoms. The van der Waals surface area contributed by atoms with Crippen LogP contribution in [-0.4, -0.2) is 22.9 Å². The predicted octanol–water partition coefficient (Wildman–Crippen LogP) is 0.151. The summed E-state index contributed by atoms with van der Waals surface area (Å²) in [6.45, 7) is 4.57. The van der Waals surface area contributed by atoms with Crippen molar-refractivity contribution in [1.82, 2.24) is 0 Å². The van der Waals surface area contributed by atoms with E-state index in [4.69, 9.17) is 5.26 Å². The van der Waals surface area contributed by atoms with Crippen LogP contribution in [0, 0.1) is 11.3 Å². The Morgan fingerprint density at radius 2 is 2.00 bits per heavy atom. The summed E-state index contributed by atoms with van der Waals surface area (Å²) in [5, 5.41) is 8.69. The Hall–Kier alpha value is -0.890. The van der Waals surface area contributed by atoms with E-state index in [0.717, 1.165) is 19.3 Å². The molecule has 1 aromatic carbocycles. The Labute approximate surface area is 133 Å². The quantitative estimate of drug-likeness (QED) is 0.424. The number of unbranched alkanes of at least 4 members (excludes halogenated alkanes) is 1. The number of rotatable bonds is 3. The number of halogens is 1. The number of hydrogen-bond acceptors (Lipinski definition) is 1. The van der Waals surface area contributed by atoms with Gasteiger partial charge in [-0.1, -0.05) is 18.2 Å². The Kier molecular flexibility index (Phi) is 5.54. The van der Waals surface area contributed by atoms with Gasteiger partial charge in [-0.3, -0.25) is 0 Å². The molecule has 1 aliphatic heterocycles. The third-order valence-electron chi connectivity index (χ3n) is 3.97. The molecule has 1 aliphatic rings. The van der Waals surface area contributed by atoms with Gasteiger partial charge < -0.3 is 24.0 Å². The highest BCUT2D eigenvalue weighted by Gasteiger charge is 2.36. The van der Waals surface area contributed by atoms with Crippen molar-refractivity contribution in [3.8, 4) is 6.07 Å². The lowest BCUT2D eigenvalue weighted by Gasteiger charge is -2.29. The average molecular weight is 368 g/mol. The molecule has 0 saturated carbocycles. The molecule has 0 amide bonds. The molecule has 2 rings (SSSR count). The van der Waals surface area contributed by atoms with Crippen LogP contribution in [-0.2, 0) is 6.42 Å². The van der Waals surface area contributed by atoms with Gasteiger partial charge in [0, 0.05) is 38.7 Å². The summed E-state index contributed by atoms with van der Waals surface area (Å²) in [4.78, 5) is 0. The Balaban J connectivity index is 0.00000180. The lowest BCUT2D eigenvalue weighted by atomic mass is 9.84. The first-order valence-electron chi connectivity index (χ1n) is 6.61. The molecule has 1 aromatic rings. The number of hydrogen-bond donors (Lipinski definition) is 0. The molecule has 0 aliphatic carbocycles. The molecule has 0 N–H and O–H groups in total. The summed E-state index contributed by atoms with van der Waals surface area (Å²) in [6.07, 6.45) is 3.66. The van der Waals surface area contributed by atoms with Crippen molar-refractivity contribution in [2.45, 2.75) is 45.1 Å². The van der Waals surface area contributed by atoms with Gasteiger partial charge in [-0.15, -0.1) is 0 Å². The van der Waals surface area contributed by atoms with Crippen LogP contribution in [0.4, 0.5) is 0 Å². The average Bonchev–Trinajstić information content (AvgIpc) is 2.34. The van der Waals surface area contributed by atoms with E-state index in [-0.39, 0.29) is 29.5 Å². The molecule has 1 heterocycles. The monoisotopic (exact) mass is 368 g/mol. The van der Waals surface area contributed by atoms with Crippen LogP contribution in [0.15, 0.2) is 24.3 Å². The second-order valence-electron chi connectivity index (χ2n) is 5.66. The van der Waals surface area contributed by atoms with Crippen molar-refractivity contribution < 1.29 is 28.6 Å². The maximum Gasteiger partial charge on any atom is 0.183 e. The van der Waals surface area contributed by atoms with Crippen molar-refractivity contribution >= 4 is 5.71 Å². The number of nitriles is 1. The molecule has 0 fully saturated rings. The summed E-state index contributed by atoms with van der Waals surface area (Å²) in [5.41, 5.74) is 4.36. The molecule has 2 nitrogen and oxygen atoms in total. The lowest BCUT2D eigenvalue weighted by molar-refractivity contribution is -0.577. The van der Waals surface area contributed by atoms with Crippen molar-refractivity contribution in [2.24, 2.45) is 0 Å². The van der Waals surface area contributed by atoms with Crippen LogP contribution in [0.2, 0.25) is 0 Å². The smallest absolute Gasteiger partial charge is 0.183 e. The third-order valence-corrected chi connectivity index (χ3v) is 3.97. The molecule has 19 heavy (non-hydrogen) atoms. The zero-order valence-electron chi connectivity index (χ0n) is 11.9. The van der Waals surface area contributed by atoms with E-state index in [9.17, 15) is 0 Å². The molecule has 0 radical (unpaired) electrons. The molecule has 0 spiro atoms. The topological polar surface area (TPSA) is 26.8 Å². The minimum atomic E-state index is 0. The fourth-order valence-corrected chi connectivity index (χ4v) is 2.72. The molecular weight excluding hydrogens is 347 g/mol. The van der Waals surface area contributed by atoms with Crippen molar-refractivity contribution in [2.75, 3.05) is 7.05 Å². The highest BCUT2D eigenvalue weighted by atomic mass is 127. The number of benzene rings is 1. The highest BCUT2D eigenvalue weighted by Crippen LogP contribution is 2.27. The predicted molar refractivity (Wildman–Crippen MR) is 74.0 cm³/mol. The molecule has 0 atom stereocenters. The SMILES string of the molecule is C[N+]1=C(CCCC#N)c2ccccc2CC1(C)C.[I-]. The molecule has 0 aromatic heterocycles. The second-order valence-corrected chi connectivity index (χ2v) is 5.66. The summed E-state index contributed by atoms with van der Waals surface area (Å²) < 4.78 is 2.40. The van der Waals surface area contributed by atoms with Crippen molar-refractivity contribution in [1.29, 1.82) is 5.26 Å². The molecular formula is C16H21IN2. The Bertz CT molecular complexity index is 524. The highest BCUT2D eigenvalue weighted by molar-refractivity contribution is 5.98. The van der Waals surface area contributed by atoms with Crippen LogP contribution in [0.3, 0.4) is 0 Å². The second kappa shape index (κ2) is 6.51. The minimum Gasteiger partial charge on any atom is -1.00 e. The minimum absolute atomic E-state index is 0. The van der Waals surface area contributed by atoms with Crippen molar-refractivity contribution in [3.05, 3.63) is 35.4 Å². The van der Waals surface area contributed by atoms with Gasteiger partial charge in [-0.05, 0) is 18.1 Å². The first kappa shape index (κ1) is 16.2. The molecule has 102 valence electrons. The van der Waals surface area contributed by atoms with Gasteiger partial charge in [0.2, 0.25) is 0 Å². The van der Waals surface area contributed by atoms with Gasteiger partial charge in [0.05, 0.1) is 6.07 Å². The standard InChI is InChI=1S/C16H21N2.HI/c1-16(2)12-13-8-4-5-9-14(13)15(18(16)3)10-6-7-11-17;/h4-5,8-9H,6-7,10,12H2,1-3H3;1H/q+1;/p-1.